The monoisotopic (exact) mass is 400 g/mol. The van der Waals surface area contributed by atoms with Gasteiger partial charge in [-0.2, -0.15) is 0 Å². The van der Waals surface area contributed by atoms with Gasteiger partial charge in [-0.15, -0.1) is 0 Å². The molecule has 0 amide bonds. The number of anilines is 2. The normalized spacial score (nSPS) is 10.9. The van der Waals surface area contributed by atoms with Gasteiger partial charge in [0.15, 0.2) is 0 Å². The maximum absolute atomic E-state index is 5.12. The molecule has 0 saturated heterocycles. The number of aryl methyl sites for hydroxylation is 1. The van der Waals surface area contributed by atoms with E-state index in [1.807, 2.05) is 6.07 Å². The molecule has 0 radical (unpaired) electrons. The van der Waals surface area contributed by atoms with Gasteiger partial charge in [0.1, 0.15) is 0 Å². The summed E-state index contributed by atoms with van der Waals surface area (Å²) in [5.74, 6) is 0. The highest BCUT2D eigenvalue weighted by molar-refractivity contribution is 5.98. The van der Waals surface area contributed by atoms with Crippen molar-refractivity contribution in [1.82, 2.24) is 4.98 Å². The Balaban J connectivity index is 1.76. The van der Waals surface area contributed by atoms with E-state index in [-0.39, 0.29) is 0 Å². The second-order valence-corrected chi connectivity index (χ2v) is 7.85. The summed E-state index contributed by atoms with van der Waals surface area (Å²) in [6.07, 6.45) is 0.803. The molecule has 0 spiro atoms. The molecule has 5 aromatic rings. The summed E-state index contributed by atoms with van der Waals surface area (Å²) < 4.78 is 0. The molecule has 2 heteroatoms. The van der Waals surface area contributed by atoms with Crippen LogP contribution in [0.4, 0.5) is 11.4 Å². The van der Waals surface area contributed by atoms with E-state index >= 15 is 0 Å². The van der Waals surface area contributed by atoms with E-state index in [1.165, 1.54) is 16.7 Å². The third-order valence-electron chi connectivity index (χ3n) is 5.59. The number of nitrogens with one attached hydrogen (secondary N) is 1. The van der Waals surface area contributed by atoms with Gasteiger partial charge in [-0.1, -0.05) is 96.6 Å². The Hall–Kier alpha value is -3.91. The lowest BCUT2D eigenvalue weighted by Crippen LogP contribution is -2.04. The van der Waals surface area contributed by atoms with Crippen molar-refractivity contribution in [2.45, 2.75) is 13.3 Å². The van der Waals surface area contributed by atoms with Crippen LogP contribution in [0.25, 0.3) is 22.2 Å². The zero-order chi connectivity index (χ0) is 21.0. The first kappa shape index (κ1) is 19.1. The molecule has 1 aromatic heterocycles. The minimum absolute atomic E-state index is 0.803. The summed E-state index contributed by atoms with van der Waals surface area (Å²) >= 11 is 0. The second kappa shape index (κ2) is 8.45. The van der Waals surface area contributed by atoms with Crippen LogP contribution < -0.4 is 5.32 Å². The molecule has 0 aliphatic heterocycles. The van der Waals surface area contributed by atoms with Gasteiger partial charge in [-0.25, -0.2) is 4.98 Å². The van der Waals surface area contributed by atoms with Crippen LogP contribution in [-0.2, 0) is 6.42 Å². The lowest BCUT2D eigenvalue weighted by molar-refractivity contribution is 1.17. The maximum Gasteiger partial charge on any atom is 0.0765 e. The number of rotatable bonds is 5. The standard InChI is InChI=1S/C29H24N2/c1-21-16-18-24(19-17-21)30-29-25-14-8-9-15-27(25)31-28(23-12-6-3-7-13-23)26(29)20-22-10-4-2-5-11-22/h2-19H,20H2,1H3,(H,30,31). The SMILES string of the molecule is Cc1ccc(Nc2c(Cc3ccccc3)c(-c3ccccc3)nc3ccccc23)cc1. The highest BCUT2D eigenvalue weighted by Crippen LogP contribution is 2.37. The van der Waals surface area contributed by atoms with Crippen molar-refractivity contribution < 1.29 is 0 Å². The zero-order valence-corrected chi connectivity index (χ0v) is 17.5. The van der Waals surface area contributed by atoms with Gasteiger partial charge in [-0.3, -0.25) is 0 Å². The van der Waals surface area contributed by atoms with Crippen molar-refractivity contribution >= 4 is 22.3 Å². The van der Waals surface area contributed by atoms with Gasteiger partial charge in [-0.05, 0) is 30.7 Å². The van der Waals surface area contributed by atoms with Gasteiger partial charge in [0, 0.05) is 28.6 Å². The maximum atomic E-state index is 5.12. The summed E-state index contributed by atoms with van der Waals surface area (Å²) in [5.41, 5.74) is 9.07. The molecular formula is C29H24N2. The Morgan fingerprint density at radius 2 is 1.32 bits per heavy atom. The predicted octanol–water partition coefficient (Wildman–Crippen LogP) is 7.54. The third kappa shape index (κ3) is 4.06. The molecule has 0 fully saturated rings. The Labute approximate surface area is 183 Å². The number of pyridine rings is 1. The van der Waals surface area contributed by atoms with E-state index in [0.717, 1.165) is 40.0 Å². The molecule has 0 unspecified atom stereocenters. The molecule has 0 bridgehead atoms. The van der Waals surface area contributed by atoms with Crippen molar-refractivity contribution in [2.75, 3.05) is 5.32 Å². The average Bonchev–Trinajstić information content (AvgIpc) is 2.83. The summed E-state index contributed by atoms with van der Waals surface area (Å²) in [6, 6.07) is 38.0. The van der Waals surface area contributed by atoms with E-state index in [0.29, 0.717) is 0 Å². The number of para-hydroxylation sites is 1. The fraction of sp³-hybridized carbons (Fsp3) is 0.0690. The quantitative estimate of drug-likeness (QED) is 0.329. The largest absolute Gasteiger partial charge is 0.355 e. The van der Waals surface area contributed by atoms with Crippen molar-refractivity contribution in [3.63, 3.8) is 0 Å². The highest BCUT2D eigenvalue weighted by atomic mass is 14.9. The predicted molar refractivity (Wildman–Crippen MR) is 131 cm³/mol. The van der Waals surface area contributed by atoms with Crippen molar-refractivity contribution in [3.8, 4) is 11.3 Å². The number of fused-ring (bicyclic) bond motifs is 1. The van der Waals surface area contributed by atoms with Gasteiger partial charge >= 0.3 is 0 Å². The molecule has 1 N–H and O–H groups in total. The summed E-state index contributed by atoms with van der Waals surface area (Å²) in [4.78, 5) is 5.12. The van der Waals surface area contributed by atoms with E-state index in [4.69, 9.17) is 4.98 Å². The minimum Gasteiger partial charge on any atom is -0.355 e. The topological polar surface area (TPSA) is 24.9 Å². The minimum atomic E-state index is 0.803. The van der Waals surface area contributed by atoms with Crippen LogP contribution in [0, 0.1) is 6.92 Å². The Morgan fingerprint density at radius 1 is 0.677 bits per heavy atom. The van der Waals surface area contributed by atoms with Crippen molar-refractivity contribution in [3.05, 3.63) is 126 Å². The van der Waals surface area contributed by atoms with Crippen molar-refractivity contribution in [2.24, 2.45) is 0 Å². The van der Waals surface area contributed by atoms with E-state index in [2.05, 4.69) is 115 Å². The van der Waals surface area contributed by atoms with Crippen LogP contribution in [0.3, 0.4) is 0 Å². The van der Waals surface area contributed by atoms with Crippen LogP contribution >= 0.6 is 0 Å². The molecule has 31 heavy (non-hydrogen) atoms. The van der Waals surface area contributed by atoms with Crippen LogP contribution in [0.5, 0.6) is 0 Å². The summed E-state index contributed by atoms with van der Waals surface area (Å²) in [7, 11) is 0. The van der Waals surface area contributed by atoms with Gasteiger partial charge in [0.2, 0.25) is 0 Å². The van der Waals surface area contributed by atoms with Crippen LogP contribution in [-0.4, -0.2) is 4.98 Å². The van der Waals surface area contributed by atoms with Crippen LogP contribution in [0.15, 0.2) is 109 Å². The molecule has 1 heterocycles. The average molecular weight is 401 g/mol. The van der Waals surface area contributed by atoms with Crippen molar-refractivity contribution in [1.29, 1.82) is 0 Å². The first-order valence-electron chi connectivity index (χ1n) is 10.6. The second-order valence-electron chi connectivity index (χ2n) is 7.85. The third-order valence-corrected chi connectivity index (χ3v) is 5.59. The van der Waals surface area contributed by atoms with Crippen LogP contribution in [0.2, 0.25) is 0 Å². The van der Waals surface area contributed by atoms with E-state index in [9.17, 15) is 0 Å². The Kier molecular flexibility index (Phi) is 5.20. The number of nitrogens with zero attached hydrogens (tertiary/aromatic N) is 1. The molecular weight excluding hydrogens is 376 g/mol. The lowest BCUT2D eigenvalue weighted by Gasteiger charge is -2.19. The van der Waals surface area contributed by atoms with E-state index < -0.39 is 0 Å². The van der Waals surface area contributed by atoms with Gasteiger partial charge in [0.25, 0.3) is 0 Å². The number of aromatic nitrogens is 1. The molecule has 0 aliphatic rings. The summed E-state index contributed by atoms with van der Waals surface area (Å²) in [5, 5.41) is 4.87. The lowest BCUT2D eigenvalue weighted by atomic mass is 9.95. The number of hydrogen-bond acceptors (Lipinski definition) is 2. The first-order chi connectivity index (χ1) is 15.3. The first-order valence-corrected chi connectivity index (χ1v) is 10.6. The molecule has 0 saturated carbocycles. The fourth-order valence-electron chi connectivity index (χ4n) is 3.98. The van der Waals surface area contributed by atoms with Gasteiger partial charge < -0.3 is 5.32 Å². The molecule has 0 aliphatic carbocycles. The zero-order valence-electron chi connectivity index (χ0n) is 17.5. The highest BCUT2D eigenvalue weighted by Gasteiger charge is 2.17. The smallest absolute Gasteiger partial charge is 0.0765 e. The van der Waals surface area contributed by atoms with E-state index in [1.54, 1.807) is 0 Å². The fourth-order valence-corrected chi connectivity index (χ4v) is 3.98. The molecule has 0 atom stereocenters. The molecule has 2 nitrogen and oxygen atoms in total. The number of benzene rings is 4. The van der Waals surface area contributed by atoms with Gasteiger partial charge in [0.05, 0.1) is 16.9 Å². The Bertz CT molecular complexity index is 1310. The molecule has 150 valence electrons. The van der Waals surface area contributed by atoms with Crippen LogP contribution in [0.1, 0.15) is 16.7 Å². The summed E-state index contributed by atoms with van der Waals surface area (Å²) in [6.45, 7) is 2.11. The Morgan fingerprint density at radius 3 is 2.06 bits per heavy atom. The molecule has 4 aromatic carbocycles. The molecule has 5 rings (SSSR count). The number of hydrogen-bond donors (Lipinski definition) is 1.